The second-order valence-electron chi connectivity index (χ2n) is 6.33. The van der Waals surface area contributed by atoms with E-state index in [1.54, 1.807) is 31.7 Å². The van der Waals surface area contributed by atoms with Gasteiger partial charge in [-0.25, -0.2) is 9.31 Å². The lowest BCUT2D eigenvalue weighted by atomic mass is 10.00. The van der Waals surface area contributed by atoms with E-state index in [4.69, 9.17) is 14.2 Å². The standard InChI is InChI=1S/C21H19BrN2O4/c1-5-28-21(25)19-18-15(27-4)10-14(26-3)17-16(11(2)24(23-19)20(17)18)12-6-8-13(22)9-7-12/h6-10H,5H2,1-4H3. The number of esters is 1. The zero-order chi connectivity index (χ0) is 20.0. The molecule has 0 saturated heterocycles. The van der Waals surface area contributed by atoms with Crippen molar-refractivity contribution in [2.75, 3.05) is 20.8 Å². The van der Waals surface area contributed by atoms with Crippen LogP contribution in [0.5, 0.6) is 11.5 Å². The molecule has 2 aromatic carbocycles. The Hall–Kier alpha value is -2.80. The summed E-state index contributed by atoms with van der Waals surface area (Å²) in [5.41, 5.74) is 3.98. The van der Waals surface area contributed by atoms with Gasteiger partial charge >= 0.3 is 5.97 Å². The van der Waals surface area contributed by atoms with E-state index >= 15 is 0 Å². The van der Waals surface area contributed by atoms with E-state index in [0.29, 0.717) is 16.9 Å². The van der Waals surface area contributed by atoms with Gasteiger partial charge in [0.2, 0.25) is 0 Å². The number of carbonyl (C=O) groups excluding carboxylic acids is 1. The fourth-order valence-electron chi connectivity index (χ4n) is 3.67. The fraction of sp³-hybridized carbons (Fsp3) is 0.238. The SMILES string of the molecule is CCOC(=O)c1nn2c(C)c(-c3ccc(Br)cc3)c3c(OC)cc(OC)c1c32. The van der Waals surface area contributed by atoms with Crippen LogP contribution in [0, 0.1) is 6.92 Å². The van der Waals surface area contributed by atoms with Gasteiger partial charge in [0.05, 0.1) is 37.1 Å². The first-order valence-electron chi connectivity index (χ1n) is 8.84. The van der Waals surface area contributed by atoms with Crippen molar-refractivity contribution in [1.82, 2.24) is 9.61 Å². The van der Waals surface area contributed by atoms with Crippen LogP contribution in [0.2, 0.25) is 0 Å². The van der Waals surface area contributed by atoms with Crippen LogP contribution in [0.1, 0.15) is 23.1 Å². The van der Waals surface area contributed by atoms with E-state index in [-0.39, 0.29) is 12.3 Å². The summed E-state index contributed by atoms with van der Waals surface area (Å²) >= 11 is 3.48. The summed E-state index contributed by atoms with van der Waals surface area (Å²) in [5.74, 6) is 0.714. The number of aromatic nitrogens is 2. The van der Waals surface area contributed by atoms with Gasteiger partial charge in [-0.3, -0.25) is 0 Å². The van der Waals surface area contributed by atoms with Gasteiger partial charge in [0.25, 0.3) is 0 Å². The van der Waals surface area contributed by atoms with Crippen molar-refractivity contribution in [3.05, 3.63) is 46.2 Å². The molecule has 7 heteroatoms. The number of hydrogen-bond acceptors (Lipinski definition) is 5. The Bertz CT molecular complexity index is 1180. The third kappa shape index (κ3) is 2.61. The van der Waals surface area contributed by atoms with Crippen molar-refractivity contribution in [1.29, 1.82) is 0 Å². The molecule has 0 bridgehead atoms. The number of nitrogens with zero attached hydrogens (tertiary/aromatic N) is 2. The van der Waals surface area contributed by atoms with E-state index in [0.717, 1.165) is 32.2 Å². The van der Waals surface area contributed by atoms with Crippen LogP contribution >= 0.6 is 15.9 Å². The summed E-state index contributed by atoms with van der Waals surface area (Å²) < 4.78 is 19.2. The van der Waals surface area contributed by atoms with Crippen LogP contribution in [0.25, 0.3) is 27.4 Å². The molecular weight excluding hydrogens is 424 g/mol. The number of halogens is 1. The fourth-order valence-corrected chi connectivity index (χ4v) is 3.93. The van der Waals surface area contributed by atoms with Crippen LogP contribution in [0.4, 0.5) is 0 Å². The van der Waals surface area contributed by atoms with Gasteiger partial charge in [0.1, 0.15) is 11.5 Å². The van der Waals surface area contributed by atoms with E-state index in [2.05, 4.69) is 21.0 Å². The van der Waals surface area contributed by atoms with Gasteiger partial charge in [-0.15, -0.1) is 0 Å². The van der Waals surface area contributed by atoms with Crippen LogP contribution in [-0.2, 0) is 4.74 Å². The van der Waals surface area contributed by atoms with Crippen molar-refractivity contribution < 1.29 is 19.0 Å². The van der Waals surface area contributed by atoms with Crippen molar-refractivity contribution in [2.45, 2.75) is 13.8 Å². The lowest BCUT2D eigenvalue weighted by Crippen LogP contribution is -2.07. The molecule has 0 amide bonds. The highest BCUT2D eigenvalue weighted by molar-refractivity contribution is 9.10. The predicted octanol–water partition coefficient (Wildman–Crippen LogP) is 4.86. The molecule has 0 unspecified atom stereocenters. The van der Waals surface area contributed by atoms with E-state index < -0.39 is 5.97 Å². The molecule has 28 heavy (non-hydrogen) atoms. The third-order valence-corrected chi connectivity index (χ3v) is 5.38. The molecule has 0 fully saturated rings. The molecule has 4 aromatic rings. The molecule has 0 saturated carbocycles. The number of aryl methyl sites for hydroxylation is 1. The summed E-state index contributed by atoms with van der Waals surface area (Å²) in [5, 5.41) is 6.09. The maximum atomic E-state index is 12.5. The van der Waals surface area contributed by atoms with Crippen molar-refractivity contribution in [2.24, 2.45) is 0 Å². The van der Waals surface area contributed by atoms with Gasteiger partial charge in [-0.05, 0) is 31.5 Å². The first kappa shape index (κ1) is 18.6. The Kier molecular flexibility index (Phi) is 4.63. The monoisotopic (exact) mass is 442 g/mol. The molecule has 144 valence electrons. The minimum atomic E-state index is -0.472. The second-order valence-corrected chi connectivity index (χ2v) is 7.24. The molecule has 0 aliphatic heterocycles. The highest BCUT2D eigenvalue weighted by atomic mass is 79.9. The van der Waals surface area contributed by atoms with Crippen LogP contribution in [0.3, 0.4) is 0 Å². The second kappa shape index (κ2) is 6.98. The largest absolute Gasteiger partial charge is 0.496 e. The van der Waals surface area contributed by atoms with Crippen LogP contribution in [-0.4, -0.2) is 36.4 Å². The molecule has 0 spiro atoms. The number of rotatable bonds is 5. The lowest BCUT2D eigenvalue weighted by Gasteiger charge is -2.10. The van der Waals surface area contributed by atoms with Crippen LogP contribution in [0.15, 0.2) is 34.8 Å². The Balaban J connectivity index is 2.14. The summed E-state index contributed by atoms with van der Waals surface area (Å²) in [4.78, 5) is 12.5. The Labute approximate surface area is 170 Å². The first-order chi connectivity index (χ1) is 13.5. The van der Waals surface area contributed by atoms with Gasteiger partial charge < -0.3 is 14.2 Å². The zero-order valence-electron chi connectivity index (χ0n) is 16.0. The Morgan fingerprint density at radius 2 is 1.75 bits per heavy atom. The number of carbonyl (C=O) groups is 1. The van der Waals surface area contributed by atoms with E-state index in [9.17, 15) is 4.79 Å². The van der Waals surface area contributed by atoms with Gasteiger partial charge in [-0.1, -0.05) is 28.1 Å². The lowest BCUT2D eigenvalue weighted by molar-refractivity contribution is 0.0521. The third-order valence-electron chi connectivity index (χ3n) is 4.85. The number of hydrogen-bond donors (Lipinski definition) is 0. The average Bonchev–Trinajstić information content (AvgIpc) is 3.22. The molecule has 0 aliphatic rings. The summed E-state index contributed by atoms with van der Waals surface area (Å²) in [7, 11) is 3.19. The van der Waals surface area contributed by atoms with Gasteiger partial charge in [-0.2, -0.15) is 5.10 Å². The number of benzene rings is 2. The zero-order valence-corrected chi connectivity index (χ0v) is 17.6. The van der Waals surface area contributed by atoms with Crippen molar-refractivity contribution in [3.8, 4) is 22.6 Å². The molecule has 4 rings (SSSR count). The van der Waals surface area contributed by atoms with Crippen LogP contribution < -0.4 is 9.47 Å². The summed E-state index contributed by atoms with van der Waals surface area (Å²) in [6.07, 6.45) is 0. The highest BCUT2D eigenvalue weighted by Gasteiger charge is 2.29. The van der Waals surface area contributed by atoms with Gasteiger partial charge in [0.15, 0.2) is 5.69 Å². The number of ether oxygens (including phenoxy) is 3. The maximum absolute atomic E-state index is 12.5. The first-order valence-corrected chi connectivity index (χ1v) is 9.63. The number of methoxy groups -OCH3 is 2. The summed E-state index contributed by atoms with van der Waals surface area (Å²) in [6, 6.07) is 9.86. The minimum absolute atomic E-state index is 0.242. The van der Waals surface area contributed by atoms with Crippen molar-refractivity contribution >= 4 is 38.2 Å². The normalized spacial score (nSPS) is 11.3. The minimum Gasteiger partial charge on any atom is -0.496 e. The van der Waals surface area contributed by atoms with E-state index in [1.165, 1.54) is 0 Å². The topological polar surface area (TPSA) is 62.1 Å². The smallest absolute Gasteiger partial charge is 0.359 e. The summed E-state index contributed by atoms with van der Waals surface area (Å²) in [6.45, 7) is 4.02. The molecule has 6 nitrogen and oxygen atoms in total. The predicted molar refractivity (Wildman–Crippen MR) is 111 cm³/mol. The van der Waals surface area contributed by atoms with E-state index in [1.807, 2.05) is 31.2 Å². The molecule has 2 heterocycles. The quantitative estimate of drug-likeness (QED) is 0.413. The average molecular weight is 443 g/mol. The molecule has 0 aliphatic carbocycles. The van der Waals surface area contributed by atoms with Crippen molar-refractivity contribution in [3.63, 3.8) is 0 Å². The highest BCUT2D eigenvalue weighted by Crippen LogP contribution is 2.46. The Morgan fingerprint density at radius 3 is 2.36 bits per heavy atom. The maximum Gasteiger partial charge on any atom is 0.359 e. The molecule has 0 N–H and O–H groups in total. The van der Waals surface area contributed by atoms with Gasteiger partial charge in [0, 0.05) is 21.8 Å². The molecular formula is C21H19BrN2O4. The molecule has 2 aromatic heterocycles. The molecule has 0 atom stereocenters. The molecule has 0 radical (unpaired) electrons. The Morgan fingerprint density at radius 1 is 1.11 bits per heavy atom.